The molecule has 0 aromatic heterocycles. The van der Waals surface area contributed by atoms with Crippen LogP contribution in [0.25, 0.3) is 0 Å². The van der Waals surface area contributed by atoms with Crippen molar-refractivity contribution < 1.29 is 17.9 Å². The molecule has 2 N–H and O–H groups in total. The van der Waals surface area contributed by atoms with Crippen molar-refractivity contribution in [1.29, 1.82) is 0 Å². The second-order valence-electron chi connectivity index (χ2n) is 4.11. The smallest absolute Gasteiger partial charge is 0.244 e. The summed E-state index contributed by atoms with van der Waals surface area (Å²) in [6.07, 6.45) is 0. The molecule has 1 aromatic carbocycles. The highest BCUT2D eigenvalue weighted by Gasteiger charge is 2.19. The summed E-state index contributed by atoms with van der Waals surface area (Å²) in [7, 11) is -0.309. The topological polar surface area (TPSA) is 76.7 Å². The standard InChI is InChI=1S/C13H22N2O4S/c1-4-19-8-7-15-20(16,17)13-6-5-11(10-14-2)9-12(13)18-3/h5-6,9,14-15H,4,7-8,10H2,1-3H3. The summed E-state index contributed by atoms with van der Waals surface area (Å²) < 4.78 is 37.1. The highest BCUT2D eigenvalue weighted by atomic mass is 32.2. The lowest BCUT2D eigenvalue weighted by Crippen LogP contribution is -2.28. The fourth-order valence-electron chi connectivity index (χ4n) is 1.72. The molecule has 0 unspecified atom stereocenters. The van der Waals surface area contributed by atoms with Crippen LogP contribution in [0.15, 0.2) is 23.1 Å². The van der Waals surface area contributed by atoms with Gasteiger partial charge in [0.2, 0.25) is 10.0 Å². The summed E-state index contributed by atoms with van der Waals surface area (Å²) in [6, 6.07) is 5.03. The Morgan fingerprint density at radius 2 is 2.05 bits per heavy atom. The van der Waals surface area contributed by atoms with Gasteiger partial charge in [-0.25, -0.2) is 13.1 Å². The van der Waals surface area contributed by atoms with Gasteiger partial charge in [0.15, 0.2) is 0 Å². The third-order valence-corrected chi connectivity index (χ3v) is 4.14. The molecule has 1 rings (SSSR count). The maximum atomic E-state index is 12.2. The molecule has 1 aromatic rings. The quantitative estimate of drug-likeness (QED) is 0.658. The summed E-state index contributed by atoms with van der Waals surface area (Å²) >= 11 is 0. The normalized spacial score (nSPS) is 11.6. The summed E-state index contributed by atoms with van der Waals surface area (Å²) in [5.74, 6) is 0.335. The van der Waals surface area contributed by atoms with Crippen LogP contribution in [0.5, 0.6) is 5.75 Å². The molecule has 0 amide bonds. The van der Waals surface area contributed by atoms with E-state index >= 15 is 0 Å². The fourth-order valence-corrected chi connectivity index (χ4v) is 2.88. The van der Waals surface area contributed by atoms with E-state index in [1.165, 1.54) is 7.11 Å². The van der Waals surface area contributed by atoms with Crippen molar-refractivity contribution >= 4 is 10.0 Å². The summed E-state index contributed by atoms with van der Waals surface area (Å²) in [5, 5.41) is 3.00. The van der Waals surface area contributed by atoms with Crippen LogP contribution < -0.4 is 14.8 Å². The zero-order valence-electron chi connectivity index (χ0n) is 12.1. The number of benzene rings is 1. The zero-order chi connectivity index (χ0) is 15.0. The lowest BCUT2D eigenvalue weighted by atomic mass is 10.2. The van der Waals surface area contributed by atoms with Gasteiger partial charge in [0.25, 0.3) is 0 Å². The molecule has 20 heavy (non-hydrogen) atoms. The third kappa shape index (κ3) is 4.75. The minimum absolute atomic E-state index is 0.136. The lowest BCUT2D eigenvalue weighted by Gasteiger charge is -2.12. The van der Waals surface area contributed by atoms with Crippen LogP contribution in [0, 0.1) is 0 Å². The van der Waals surface area contributed by atoms with E-state index in [2.05, 4.69) is 10.0 Å². The molecule has 0 atom stereocenters. The molecule has 0 fully saturated rings. The van der Waals surface area contributed by atoms with Crippen LogP contribution >= 0.6 is 0 Å². The molecule has 0 aliphatic rings. The molecule has 0 aliphatic carbocycles. The molecule has 114 valence electrons. The number of nitrogens with one attached hydrogen (secondary N) is 2. The van der Waals surface area contributed by atoms with E-state index in [1.54, 1.807) is 18.2 Å². The first-order valence-electron chi connectivity index (χ1n) is 6.44. The van der Waals surface area contributed by atoms with Gasteiger partial charge in [-0.05, 0) is 31.7 Å². The van der Waals surface area contributed by atoms with E-state index in [0.29, 0.717) is 25.5 Å². The molecule has 6 nitrogen and oxygen atoms in total. The van der Waals surface area contributed by atoms with E-state index in [1.807, 2.05) is 14.0 Å². The monoisotopic (exact) mass is 302 g/mol. The first-order chi connectivity index (χ1) is 9.55. The van der Waals surface area contributed by atoms with Crippen molar-refractivity contribution in [3.8, 4) is 5.75 Å². The summed E-state index contributed by atoms with van der Waals surface area (Å²) in [6.45, 7) is 3.64. The van der Waals surface area contributed by atoms with Gasteiger partial charge in [-0.1, -0.05) is 6.07 Å². The van der Waals surface area contributed by atoms with E-state index < -0.39 is 10.0 Å². The van der Waals surface area contributed by atoms with Gasteiger partial charge in [-0.2, -0.15) is 0 Å². The van der Waals surface area contributed by atoms with Gasteiger partial charge in [0, 0.05) is 19.7 Å². The molecule has 7 heteroatoms. The second kappa shape index (κ2) is 8.21. The van der Waals surface area contributed by atoms with Crippen LogP contribution in [0.2, 0.25) is 0 Å². The Kier molecular flexibility index (Phi) is 6.94. The van der Waals surface area contributed by atoms with Gasteiger partial charge < -0.3 is 14.8 Å². The van der Waals surface area contributed by atoms with Gasteiger partial charge in [-0.3, -0.25) is 0 Å². The summed E-state index contributed by atoms with van der Waals surface area (Å²) in [4.78, 5) is 0.136. The molecule has 0 heterocycles. The predicted octanol–water partition coefficient (Wildman–Crippen LogP) is 0.729. The first kappa shape index (κ1) is 16.9. The van der Waals surface area contributed by atoms with Crippen LogP contribution in [0.3, 0.4) is 0 Å². The Labute approximate surface area is 120 Å². The molecule has 0 radical (unpaired) electrons. The molecule has 0 bridgehead atoms. The van der Waals surface area contributed by atoms with Crippen LogP contribution in [0.1, 0.15) is 12.5 Å². The van der Waals surface area contributed by atoms with Crippen LogP contribution in [0.4, 0.5) is 0 Å². The Morgan fingerprint density at radius 3 is 2.65 bits per heavy atom. The first-order valence-corrected chi connectivity index (χ1v) is 7.92. The van der Waals surface area contributed by atoms with E-state index in [-0.39, 0.29) is 11.4 Å². The van der Waals surface area contributed by atoms with Gasteiger partial charge >= 0.3 is 0 Å². The SMILES string of the molecule is CCOCCNS(=O)(=O)c1ccc(CNC)cc1OC. The maximum Gasteiger partial charge on any atom is 0.244 e. The zero-order valence-corrected chi connectivity index (χ0v) is 12.9. The van der Waals surface area contributed by atoms with Crippen molar-refractivity contribution in [2.75, 3.05) is 33.9 Å². The van der Waals surface area contributed by atoms with Crippen molar-refractivity contribution in [3.05, 3.63) is 23.8 Å². The number of rotatable bonds is 9. The Morgan fingerprint density at radius 1 is 1.30 bits per heavy atom. The van der Waals surface area contributed by atoms with Crippen molar-refractivity contribution in [1.82, 2.24) is 10.0 Å². The second-order valence-corrected chi connectivity index (χ2v) is 5.85. The average molecular weight is 302 g/mol. The highest BCUT2D eigenvalue weighted by molar-refractivity contribution is 7.89. The molecular formula is C13H22N2O4S. The molecule has 0 saturated carbocycles. The number of sulfonamides is 1. The van der Waals surface area contributed by atoms with Gasteiger partial charge in [0.1, 0.15) is 10.6 Å². The number of hydrogen-bond donors (Lipinski definition) is 2. The number of hydrogen-bond acceptors (Lipinski definition) is 5. The summed E-state index contributed by atoms with van der Waals surface area (Å²) in [5.41, 5.74) is 0.956. The lowest BCUT2D eigenvalue weighted by molar-refractivity contribution is 0.153. The van der Waals surface area contributed by atoms with E-state index in [9.17, 15) is 8.42 Å². The van der Waals surface area contributed by atoms with Gasteiger partial charge in [-0.15, -0.1) is 0 Å². The Balaban J connectivity index is 2.88. The fraction of sp³-hybridized carbons (Fsp3) is 0.538. The molecular weight excluding hydrogens is 280 g/mol. The van der Waals surface area contributed by atoms with Crippen molar-refractivity contribution in [2.24, 2.45) is 0 Å². The Bertz CT molecular complexity index is 517. The van der Waals surface area contributed by atoms with Crippen LogP contribution in [-0.2, 0) is 21.3 Å². The minimum Gasteiger partial charge on any atom is -0.495 e. The molecule has 0 spiro atoms. The molecule has 0 saturated heterocycles. The van der Waals surface area contributed by atoms with Crippen molar-refractivity contribution in [2.45, 2.75) is 18.4 Å². The highest BCUT2D eigenvalue weighted by Crippen LogP contribution is 2.24. The van der Waals surface area contributed by atoms with Crippen molar-refractivity contribution in [3.63, 3.8) is 0 Å². The van der Waals surface area contributed by atoms with E-state index in [0.717, 1.165) is 5.56 Å². The van der Waals surface area contributed by atoms with Crippen LogP contribution in [-0.4, -0.2) is 42.3 Å². The third-order valence-electron chi connectivity index (χ3n) is 2.64. The molecule has 0 aliphatic heterocycles. The Hall–Kier alpha value is -1.15. The minimum atomic E-state index is -3.59. The predicted molar refractivity (Wildman–Crippen MR) is 77.4 cm³/mol. The number of ether oxygens (including phenoxy) is 2. The maximum absolute atomic E-state index is 12.2. The average Bonchev–Trinajstić information content (AvgIpc) is 2.43. The largest absolute Gasteiger partial charge is 0.495 e. The van der Waals surface area contributed by atoms with E-state index in [4.69, 9.17) is 9.47 Å². The number of methoxy groups -OCH3 is 1. The van der Waals surface area contributed by atoms with Gasteiger partial charge in [0.05, 0.1) is 13.7 Å².